The van der Waals surface area contributed by atoms with Crippen molar-refractivity contribution in [1.82, 2.24) is 0 Å². The summed E-state index contributed by atoms with van der Waals surface area (Å²) in [7, 11) is 0. The average Bonchev–Trinajstić information content (AvgIpc) is 2.36. The molecule has 0 amide bonds. The van der Waals surface area contributed by atoms with Crippen LogP contribution in [0.2, 0.25) is 0 Å². The van der Waals surface area contributed by atoms with Gasteiger partial charge < -0.3 is 0 Å². The third-order valence-corrected chi connectivity index (χ3v) is 3.10. The minimum atomic E-state index is 0.741. The summed E-state index contributed by atoms with van der Waals surface area (Å²) in [4.78, 5) is 10.6. The van der Waals surface area contributed by atoms with Crippen molar-refractivity contribution in [3.05, 3.63) is 70.3 Å². The summed E-state index contributed by atoms with van der Waals surface area (Å²) >= 11 is 0. The van der Waals surface area contributed by atoms with E-state index in [4.69, 9.17) is 0 Å². The molecule has 0 heterocycles. The zero-order valence-electron chi connectivity index (χ0n) is 10.9. The van der Waals surface area contributed by atoms with Crippen LogP contribution in [0.5, 0.6) is 0 Å². The molecule has 0 aliphatic heterocycles. The Labute approximate surface area is 108 Å². The molecule has 0 aliphatic rings. The summed E-state index contributed by atoms with van der Waals surface area (Å²) in [6.45, 7) is 4.27. The van der Waals surface area contributed by atoms with Crippen LogP contribution >= 0.6 is 0 Å². The van der Waals surface area contributed by atoms with Gasteiger partial charge >= 0.3 is 0 Å². The van der Waals surface area contributed by atoms with Crippen LogP contribution in [0.3, 0.4) is 0 Å². The summed E-state index contributed by atoms with van der Waals surface area (Å²) in [6, 6.07) is 14.5. The molecule has 0 unspecified atom stereocenters. The summed E-state index contributed by atoms with van der Waals surface area (Å²) in [5.74, 6) is 0. The first-order valence-electron chi connectivity index (χ1n) is 6.28. The van der Waals surface area contributed by atoms with Crippen molar-refractivity contribution in [2.24, 2.45) is 0 Å². The molecule has 0 saturated carbocycles. The smallest absolute Gasteiger partial charge is 0.150 e. The molecule has 1 nitrogen and oxygen atoms in total. The van der Waals surface area contributed by atoms with E-state index >= 15 is 0 Å². The summed E-state index contributed by atoms with van der Waals surface area (Å²) in [6.07, 6.45) is 2.94. The topological polar surface area (TPSA) is 17.1 Å². The van der Waals surface area contributed by atoms with Crippen LogP contribution in [0.4, 0.5) is 0 Å². The fourth-order valence-electron chi connectivity index (χ4n) is 2.26. The van der Waals surface area contributed by atoms with Crippen LogP contribution < -0.4 is 0 Å². The van der Waals surface area contributed by atoms with Crippen LogP contribution in [0, 0.1) is 13.8 Å². The van der Waals surface area contributed by atoms with Crippen molar-refractivity contribution in [2.75, 3.05) is 0 Å². The molecular weight excluding hydrogens is 220 g/mol. The molecule has 0 atom stereocenters. The van der Waals surface area contributed by atoms with E-state index in [0.29, 0.717) is 0 Å². The van der Waals surface area contributed by atoms with E-state index in [1.165, 1.54) is 22.3 Å². The van der Waals surface area contributed by atoms with Gasteiger partial charge in [0.05, 0.1) is 0 Å². The van der Waals surface area contributed by atoms with E-state index < -0.39 is 0 Å². The molecule has 2 rings (SSSR count). The predicted molar refractivity (Wildman–Crippen MR) is 75.2 cm³/mol. The third kappa shape index (κ3) is 3.30. The van der Waals surface area contributed by atoms with Gasteiger partial charge in [0.25, 0.3) is 0 Å². The van der Waals surface area contributed by atoms with Crippen molar-refractivity contribution in [3.63, 3.8) is 0 Å². The summed E-state index contributed by atoms with van der Waals surface area (Å²) in [5, 5.41) is 0. The first-order valence-corrected chi connectivity index (χ1v) is 6.28. The number of hydrogen-bond donors (Lipinski definition) is 0. The maximum absolute atomic E-state index is 10.6. The Hall–Kier alpha value is -1.89. The summed E-state index contributed by atoms with van der Waals surface area (Å²) in [5.41, 5.74) is 6.04. The number of rotatable bonds is 4. The molecule has 0 aromatic heterocycles. The highest BCUT2D eigenvalue weighted by Crippen LogP contribution is 2.12. The van der Waals surface area contributed by atoms with Gasteiger partial charge in [-0.05, 0) is 37.8 Å². The molecule has 92 valence electrons. The van der Waals surface area contributed by atoms with Crippen LogP contribution in [0.15, 0.2) is 42.5 Å². The SMILES string of the molecule is Cc1cc(C)cc(CCc2ccc(C=O)cc2)c1. The Morgan fingerprint density at radius 3 is 1.94 bits per heavy atom. The Balaban J connectivity index is 2.03. The molecule has 1 heteroatoms. The molecule has 0 fully saturated rings. The highest BCUT2D eigenvalue weighted by atomic mass is 16.1. The van der Waals surface area contributed by atoms with E-state index in [1.54, 1.807) is 0 Å². The van der Waals surface area contributed by atoms with Crippen LogP contribution in [0.1, 0.15) is 32.6 Å². The van der Waals surface area contributed by atoms with Gasteiger partial charge in [-0.25, -0.2) is 0 Å². The first-order chi connectivity index (χ1) is 8.67. The number of carbonyl (C=O) groups is 1. The van der Waals surface area contributed by atoms with Gasteiger partial charge in [-0.3, -0.25) is 4.79 Å². The Kier molecular flexibility index (Phi) is 3.93. The molecule has 18 heavy (non-hydrogen) atoms. The number of hydrogen-bond acceptors (Lipinski definition) is 1. The van der Waals surface area contributed by atoms with Gasteiger partial charge in [-0.1, -0.05) is 53.6 Å². The molecule has 0 saturated heterocycles. The lowest BCUT2D eigenvalue weighted by Gasteiger charge is -2.05. The molecule has 2 aromatic rings. The van der Waals surface area contributed by atoms with Gasteiger partial charge in [0.15, 0.2) is 0 Å². The molecule has 0 bridgehead atoms. The van der Waals surface area contributed by atoms with Crippen LogP contribution in [-0.4, -0.2) is 6.29 Å². The molecule has 2 aromatic carbocycles. The monoisotopic (exact) mass is 238 g/mol. The van der Waals surface area contributed by atoms with Crippen molar-refractivity contribution in [1.29, 1.82) is 0 Å². The minimum absolute atomic E-state index is 0.741. The van der Waals surface area contributed by atoms with Gasteiger partial charge in [0.1, 0.15) is 6.29 Å². The number of aryl methyl sites for hydroxylation is 4. The quantitative estimate of drug-likeness (QED) is 0.738. The third-order valence-electron chi connectivity index (χ3n) is 3.10. The summed E-state index contributed by atoms with van der Waals surface area (Å²) < 4.78 is 0. The zero-order valence-corrected chi connectivity index (χ0v) is 10.9. The standard InChI is InChI=1S/C17H18O/c1-13-9-14(2)11-17(10-13)8-5-15-3-6-16(12-18)7-4-15/h3-4,6-7,9-12H,5,8H2,1-2H3. The van der Waals surface area contributed by atoms with Crippen molar-refractivity contribution in [2.45, 2.75) is 26.7 Å². The average molecular weight is 238 g/mol. The number of carbonyl (C=O) groups excluding carboxylic acids is 1. The maximum Gasteiger partial charge on any atom is 0.150 e. The Morgan fingerprint density at radius 1 is 0.833 bits per heavy atom. The van der Waals surface area contributed by atoms with Gasteiger partial charge in [0.2, 0.25) is 0 Å². The normalized spacial score (nSPS) is 10.3. The van der Waals surface area contributed by atoms with Crippen molar-refractivity contribution < 1.29 is 4.79 Å². The second-order valence-electron chi connectivity index (χ2n) is 4.86. The largest absolute Gasteiger partial charge is 0.298 e. The van der Waals surface area contributed by atoms with E-state index in [-0.39, 0.29) is 0 Å². The predicted octanol–water partition coefficient (Wildman–Crippen LogP) is 3.90. The van der Waals surface area contributed by atoms with Crippen molar-refractivity contribution >= 4 is 6.29 Å². The zero-order chi connectivity index (χ0) is 13.0. The molecule has 0 aliphatic carbocycles. The molecule has 0 spiro atoms. The van der Waals surface area contributed by atoms with E-state index in [0.717, 1.165) is 24.7 Å². The van der Waals surface area contributed by atoms with Crippen LogP contribution in [0.25, 0.3) is 0 Å². The maximum atomic E-state index is 10.6. The van der Waals surface area contributed by atoms with E-state index in [2.05, 4.69) is 32.0 Å². The fraction of sp³-hybridized carbons (Fsp3) is 0.235. The lowest BCUT2D eigenvalue weighted by molar-refractivity contribution is 0.112. The lowest BCUT2D eigenvalue weighted by atomic mass is 10.0. The van der Waals surface area contributed by atoms with E-state index in [9.17, 15) is 4.79 Å². The second-order valence-corrected chi connectivity index (χ2v) is 4.86. The van der Waals surface area contributed by atoms with E-state index in [1.807, 2.05) is 24.3 Å². The molecular formula is C17H18O. The lowest BCUT2D eigenvalue weighted by Crippen LogP contribution is -1.93. The number of aldehydes is 1. The van der Waals surface area contributed by atoms with Gasteiger partial charge in [0, 0.05) is 5.56 Å². The Morgan fingerprint density at radius 2 is 1.39 bits per heavy atom. The first kappa shape index (κ1) is 12.6. The molecule has 0 N–H and O–H groups in total. The van der Waals surface area contributed by atoms with Crippen molar-refractivity contribution in [3.8, 4) is 0 Å². The second kappa shape index (κ2) is 5.63. The van der Waals surface area contributed by atoms with Crippen LogP contribution in [-0.2, 0) is 12.8 Å². The minimum Gasteiger partial charge on any atom is -0.298 e. The highest BCUT2D eigenvalue weighted by Gasteiger charge is 1.98. The molecule has 0 radical (unpaired) electrons. The fourth-order valence-corrected chi connectivity index (χ4v) is 2.26. The van der Waals surface area contributed by atoms with Gasteiger partial charge in [-0.15, -0.1) is 0 Å². The Bertz CT molecular complexity index is 518. The van der Waals surface area contributed by atoms with Gasteiger partial charge in [-0.2, -0.15) is 0 Å². The highest BCUT2D eigenvalue weighted by molar-refractivity contribution is 5.74. The number of benzene rings is 2.